The van der Waals surface area contributed by atoms with Crippen molar-refractivity contribution in [3.63, 3.8) is 0 Å². The van der Waals surface area contributed by atoms with E-state index in [1.54, 1.807) is 7.05 Å². The Bertz CT molecular complexity index is 1310. The predicted molar refractivity (Wildman–Crippen MR) is 135 cm³/mol. The van der Waals surface area contributed by atoms with E-state index in [1.165, 1.54) is 9.13 Å². The van der Waals surface area contributed by atoms with Crippen molar-refractivity contribution >= 4 is 28.8 Å². The van der Waals surface area contributed by atoms with Gasteiger partial charge in [-0.2, -0.15) is 0 Å². The minimum Gasteiger partial charge on any atom is -0.342 e. The lowest BCUT2D eigenvalue weighted by Crippen LogP contribution is -2.44. The summed E-state index contributed by atoms with van der Waals surface area (Å²) in [5.74, 6) is 6.49. The second-order valence-electron chi connectivity index (χ2n) is 10.4. The molecular weight excluding hydrogens is 458 g/mol. The number of carbonyl (C=O) groups excluding carboxylic acids is 3. The third kappa shape index (κ3) is 4.70. The van der Waals surface area contributed by atoms with Crippen LogP contribution in [0, 0.1) is 23.7 Å². The van der Waals surface area contributed by atoms with E-state index in [1.807, 2.05) is 23.1 Å². The topological polar surface area (TPSA) is 119 Å². The summed E-state index contributed by atoms with van der Waals surface area (Å²) in [6, 6.07) is 5.10. The summed E-state index contributed by atoms with van der Waals surface area (Å²) in [5, 5.41) is 2.33. The van der Waals surface area contributed by atoms with Gasteiger partial charge in [0.2, 0.25) is 17.7 Å². The molecule has 2 aliphatic heterocycles. The van der Waals surface area contributed by atoms with Crippen LogP contribution >= 0.6 is 0 Å². The van der Waals surface area contributed by atoms with E-state index in [2.05, 4.69) is 17.2 Å². The first-order chi connectivity index (χ1) is 17.3. The van der Waals surface area contributed by atoms with E-state index in [4.69, 9.17) is 5.73 Å². The number of nitrogens with one attached hydrogen (secondary N) is 1. The molecule has 0 spiro atoms. The molecule has 0 radical (unpaired) electrons. The SMILES string of the molecule is Cn1c(=O)n(C2CCC(=O)NC2=O)c2ccc(C#CC3CCN(C(=O)[C@H]4CC[C@H](N)CC4)CC3)cc21. The molecule has 3 fully saturated rings. The highest BCUT2D eigenvalue weighted by atomic mass is 16.2. The van der Waals surface area contributed by atoms with Crippen LogP contribution in [0.15, 0.2) is 23.0 Å². The number of hydrogen-bond donors (Lipinski definition) is 2. The van der Waals surface area contributed by atoms with Gasteiger partial charge in [0.05, 0.1) is 11.0 Å². The zero-order valence-electron chi connectivity index (χ0n) is 20.7. The molecule has 1 aromatic heterocycles. The lowest BCUT2D eigenvalue weighted by atomic mass is 9.85. The Morgan fingerprint density at radius 1 is 1.00 bits per heavy atom. The number of fused-ring (bicyclic) bond motifs is 1. The molecule has 3 aliphatic rings. The molecule has 1 atom stereocenters. The number of rotatable bonds is 2. The molecule has 5 rings (SSSR count). The zero-order chi connectivity index (χ0) is 25.4. The van der Waals surface area contributed by atoms with Crippen molar-refractivity contribution in [2.24, 2.45) is 24.6 Å². The first-order valence-corrected chi connectivity index (χ1v) is 12.9. The quantitative estimate of drug-likeness (QED) is 0.487. The van der Waals surface area contributed by atoms with Gasteiger partial charge in [-0.15, -0.1) is 0 Å². The second-order valence-corrected chi connectivity index (χ2v) is 10.4. The van der Waals surface area contributed by atoms with Crippen molar-refractivity contribution < 1.29 is 14.4 Å². The number of benzene rings is 1. The van der Waals surface area contributed by atoms with E-state index in [9.17, 15) is 19.2 Å². The standard InChI is InChI=1S/C27H33N5O4/c1-30-23-16-18(4-9-21(23)32(27(30)36)22-10-11-24(33)29-25(22)34)3-2-17-12-14-31(15-13-17)26(35)19-5-7-20(28)8-6-19/h4,9,16-17,19-20,22H,5-8,10-15,28H2,1H3,(H,29,33,34)/t19-,20-,22?. The maximum Gasteiger partial charge on any atom is 0.329 e. The van der Waals surface area contributed by atoms with Gasteiger partial charge in [0, 0.05) is 50.0 Å². The Morgan fingerprint density at radius 2 is 1.72 bits per heavy atom. The van der Waals surface area contributed by atoms with Gasteiger partial charge in [-0.05, 0) is 63.1 Å². The van der Waals surface area contributed by atoms with Crippen LogP contribution in [0.5, 0.6) is 0 Å². The summed E-state index contributed by atoms with van der Waals surface area (Å²) in [5.41, 5.74) is 7.84. The zero-order valence-corrected chi connectivity index (χ0v) is 20.7. The predicted octanol–water partition coefficient (Wildman–Crippen LogP) is 1.43. The summed E-state index contributed by atoms with van der Waals surface area (Å²) in [4.78, 5) is 51.7. The highest BCUT2D eigenvalue weighted by Crippen LogP contribution is 2.27. The van der Waals surface area contributed by atoms with Crippen LogP contribution in [0.1, 0.15) is 63.0 Å². The normalized spacial score (nSPS) is 25.4. The third-order valence-electron chi connectivity index (χ3n) is 7.96. The monoisotopic (exact) mass is 491 g/mol. The van der Waals surface area contributed by atoms with Crippen molar-refractivity contribution in [1.29, 1.82) is 0 Å². The number of carbonyl (C=O) groups is 3. The third-order valence-corrected chi connectivity index (χ3v) is 7.96. The summed E-state index contributed by atoms with van der Waals surface area (Å²) in [7, 11) is 1.68. The number of nitrogens with two attached hydrogens (primary N) is 1. The van der Waals surface area contributed by atoms with Crippen LogP contribution in [0.4, 0.5) is 0 Å². The van der Waals surface area contributed by atoms with Crippen molar-refractivity contribution in [1.82, 2.24) is 19.4 Å². The van der Waals surface area contributed by atoms with Crippen molar-refractivity contribution in [3.05, 3.63) is 34.2 Å². The number of piperidine rings is 2. The van der Waals surface area contributed by atoms with E-state index < -0.39 is 11.9 Å². The number of hydrogen-bond acceptors (Lipinski definition) is 5. The fourth-order valence-corrected chi connectivity index (χ4v) is 5.72. The molecule has 9 heteroatoms. The molecule has 3 heterocycles. The van der Waals surface area contributed by atoms with Crippen LogP contribution in [0.2, 0.25) is 0 Å². The van der Waals surface area contributed by atoms with E-state index in [-0.39, 0.29) is 41.8 Å². The molecule has 2 aromatic rings. The molecule has 190 valence electrons. The number of imidazole rings is 1. The molecule has 2 saturated heterocycles. The molecule has 1 aliphatic carbocycles. The Labute approximate surface area is 210 Å². The lowest BCUT2D eigenvalue weighted by Gasteiger charge is -2.34. The van der Waals surface area contributed by atoms with Crippen LogP contribution < -0.4 is 16.7 Å². The van der Waals surface area contributed by atoms with Gasteiger partial charge in [0.25, 0.3) is 0 Å². The summed E-state index contributed by atoms with van der Waals surface area (Å²) in [6.07, 6.45) is 5.90. The largest absolute Gasteiger partial charge is 0.342 e. The summed E-state index contributed by atoms with van der Waals surface area (Å²) in [6.45, 7) is 1.48. The van der Waals surface area contributed by atoms with Crippen molar-refractivity contribution in [3.8, 4) is 11.8 Å². The fourth-order valence-electron chi connectivity index (χ4n) is 5.72. The highest BCUT2D eigenvalue weighted by Gasteiger charge is 2.32. The second kappa shape index (κ2) is 9.94. The number of imide groups is 1. The molecule has 1 aromatic carbocycles. The average molecular weight is 492 g/mol. The van der Waals surface area contributed by atoms with Gasteiger partial charge < -0.3 is 10.6 Å². The average Bonchev–Trinajstić information content (AvgIpc) is 3.12. The highest BCUT2D eigenvalue weighted by molar-refractivity contribution is 6.00. The van der Waals surface area contributed by atoms with E-state index in [0.717, 1.165) is 57.2 Å². The van der Waals surface area contributed by atoms with E-state index >= 15 is 0 Å². The van der Waals surface area contributed by atoms with Crippen LogP contribution in [0.3, 0.4) is 0 Å². The molecule has 3 N–H and O–H groups in total. The molecule has 0 bridgehead atoms. The molecule has 9 nitrogen and oxygen atoms in total. The van der Waals surface area contributed by atoms with Gasteiger partial charge >= 0.3 is 5.69 Å². The van der Waals surface area contributed by atoms with Crippen LogP contribution in [-0.4, -0.2) is 50.9 Å². The number of nitrogens with zero attached hydrogens (tertiary/aromatic N) is 3. The van der Waals surface area contributed by atoms with Crippen LogP contribution in [0.25, 0.3) is 11.0 Å². The van der Waals surface area contributed by atoms with Gasteiger partial charge in [-0.3, -0.25) is 28.8 Å². The molecule has 1 saturated carbocycles. The smallest absolute Gasteiger partial charge is 0.329 e. The fraction of sp³-hybridized carbons (Fsp3) is 0.556. The minimum absolute atomic E-state index is 0.123. The molecule has 1 unspecified atom stereocenters. The Morgan fingerprint density at radius 3 is 2.42 bits per heavy atom. The maximum absolute atomic E-state index is 12.9. The van der Waals surface area contributed by atoms with Gasteiger partial charge in [-0.25, -0.2) is 4.79 Å². The number of likely N-dealkylation sites (tertiary alicyclic amines) is 1. The Kier molecular flexibility index (Phi) is 6.71. The van der Waals surface area contributed by atoms with Crippen molar-refractivity contribution in [2.75, 3.05) is 13.1 Å². The number of amides is 3. The molecule has 3 amide bonds. The summed E-state index contributed by atoms with van der Waals surface area (Å²) < 4.78 is 2.99. The Hall–Kier alpha value is -3.38. The van der Waals surface area contributed by atoms with Gasteiger partial charge in [-0.1, -0.05) is 11.8 Å². The Balaban J connectivity index is 1.26. The lowest BCUT2D eigenvalue weighted by molar-refractivity contribution is -0.138. The van der Waals surface area contributed by atoms with Crippen LogP contribution in [-0.2, 0) is 21.4 Å². The van der Waals surface area contributed by atoms with Crippen molar-refractivity contribution in [2.45, 2.75) is 63.5 Å². The minimum atomic E-state index is -0.700. The number of aryl methyl sites for hydroxylation is 1. The molecular formula is C27H33N5O4. The number of aromatic nitrogens is 2. The van der Waals surface area contributed by atoms with E-state index in [0.29, 0.717) is 17.5 Å². The summed E-state index contributed by atoms with van der Waals surface area (Å²) >= 11 is 0. The first kappa shape index (κ1) is 24.3. The first-order valence-electron chi connectivity index (χ1n) is 12.9. The van der Waals surface area contributed by atoms with Gasteiger partial charge in [0.15, 0.2) is 0 Å². The van der Waals surface area contributed by atoms with Gasteiger partial charge in [0.1, 0.15) is 6.04 Å². The molecule has 36 heavy (non-hydrogen) atoms. The maximum atomic E-state index is 12.9.